The summed E-state index contributed by atoms with van der Waals surface area (Å²) in [6, 6.07) is 8.52. The lowest BCUT2D eigenvalue weighted by Crippen LogP contribution is -2.00. The highest BCUT2D eigenvalue weighted by molar-refractivity contribution is 7.85. The molecule has 0 radical (unpaired) electrons. The highest BCUT2D eigenvalue weighted by Crippen LogP contribution is 2.21. The highest BCUT2D eigenvalue weighted by atomic mass is 32.2. The van der Waals surface area contributed by atoms with Crippen LogP contribution in [0, 0.1) is 0 Å². The van der Waals surface area contributed by atoms with Crippen molar-refractivity contribution in [3.63, 3.8) is 0 Å². The lowest BCUT2D eigenvalue weighted by atomic mass is 10.2. The fourth-order valence-corrected chi connectivity index (χ4v) is 2.14. The maximum atomic E-state index is 10.4. The second-order valence-corrected chi connectivity index (χ2v) is 5.69. The number of benzene rings is 1. The van der Waals surface area contributed by atoms with Gasteiger partial charge in [-0.3, -0.25) is 4.55 Å². The third-order valence-corrected chi connectivity index (χ3v) is 3.30. The fourth-order valence-electron chi connectivity index (χ4n) is 1.03. The molecule has 1 aromatic carbocycles. The molecule has 0 bridgehead atoms. The second kappa shape index (κ2) is 10.00. The molecule has 0 aliphatic rings. The maximum Gasteiger partial charge on any atom is 0.697 e. The molecule has 0 fully saturated rings. The van der Waals surface area contributed by atoms with Crippen LogP contribution < -0.4 is 0 Å². The first-order valence-corrected chi connectivity index (χ1v) is 8.31. The van der Waals surface area contributed by atoms with Crippen LogP contribution in [0.25, 0.3) is 0 Å². The first-order valence-electron chi connectivity index (χ1n) is 5.61. The molecule has 0 aliphatic heterocycles. The summed E-state index contributed by atoms with van der Waals surface area (Å²) in [4.78, 5) is 0. The van der Waals surface area contributed by atoms with Crippen LogP contribution in [0.4, 0.5) is 0 Å². The van der Waals surface area contributed by atoms with E-state index in [1.54, 1.807) is 44.2 Å². The van der Waals surface area contributed by atoms with Gasteiger partial charge < -0.3 is 0 Å². The zero-order chi connectivity index (χ0) is 14.7. The second-order valence-electron chi connectivity index (χ2n) is 3.27. The number of rotatable bonds is 6. The van der Waals surface area contributed by atoms with Crippen molar-refractivity contribution >= 4 is 18.4 Å². The predicted octanol–water partition coefficient (Wildman–Crippen LogP) is 2.79. The molecule has 19 heavy (non-hydrogen) atoms. The van der Waals surface area contributed by atoms with E-state index in [1.807, 2.05) is 0 Å². The fraction of sp³-hybridized carbons (Fsp3) is 0.455. The summed E-state index contributed by atoms with van der Waals surface area (Å²) in [7, 11) is -5.71. The van der Waals surface area contributed by atoms with Gasteiger partial charge in [0.15, 0.2) is 0 Å². The Bertz CT molecular complexity index is 451. The van der Waals surface area contributed by atoms with Crippen LogP contribution in [-0.2, 0) is 29.5 Å². The van der Waals surface area contributed by atoms with Crippen molar-refractivity contribution in [2.45, 2.75) is 19.6 Å². The molecule has 108 valence electrons. The Hall–Kier alpha value is -0.850. The normalized spacial score (nSPS) is 10.5. The van der Waals surface area contributed by atoms with E-state index in [0.717, 1.165) is 0 Å². The Morgan fingerprint density at radius 1 is 1.11 bits per heavy atom. The van der Waals surface area contributed by atoms with E-state index >= 15 is 0 Å². The first kappa shape index (κ1) is 18.1. The highest BCUT2D eigenvalue weighted by Gasteiger charge is 2.15. The summed E-state index contributed by atoms with van der Waals surface area (Å²) in [5, 5.41) is 0. The Kier molecular flexibility index (Phi) is 9.55. The SMILES string of the molecule is CCO[P+](=O)OCC.O=S(=O)(O)Cc1ccccc1. The van der Waals surface area contributed by atoms with Gasteiger partial charge in [-0.2, -0.15) is 8.42 Å². The van der Waals surface area contributed by atoms with E-state index < -0.39 is 18.4 Å². The van der Waals surface area contributed by atoms with Gasteiger partial charge in [0.1, 0.15) is 19.0 Å². The average molecular weight is 309 g/mol. The molecule has 0 unspecified atom stereocenters. The van der Waals surface area contributed by atoms with Crippen molar-refractivity contribution in [3.8, 4) is 0 Å². The largest absolute Gasteiger partial charge is 0.697 e. The molecular formula is C11H18O6PS+. The molecule has 0 heterocycles. The van der Waals surface area contributed by atoms with Gasteiger partial charge in [-0.15, -0.1) is 9.05 Å². The van der Waals surface area contributed by atoms with Crippen LogP contribution in [0.2, 0.25) is 0 Å². The molecular weight excluding hydrogens is 291 g/mol. The molecule has 0 spiro atoms. The van der Waals surface area contributed by atoms with Crippen molar-refractivity contribution in [2.75, 3.05) is 13.2 Å². The van der Waals surface area contributed by atoms with Crippen LogP contribution in [0.3, 0.4) is 0 Å². The maximum absolute atomic E-state index is 10.4. The molecule has 0 atom stereocenters. The molecule has 1 aromatic rings. The van der Waals surface area contributed by atoms with Crippen molar-refractivity contribution in [3.05, 3.63) is 35.9 Å². The predicted molar refractivity (Wildman–Crippen MR) is 72.6 cm³/mol. The van der Waals surface area contributed by atoms with Gasteiger partial charge in [0, 0.05) is 4.57 Å². The molecule has 0 aliphatic carbocycles. The zero-order valence-electron chi connectivity index (χ0n) is 10.9. The molecule has 0 saturated carbocycles. The van der Waals surface area contributed by atoms with Crippen LogP contribution in [0.5, 0.6) is 0 Å². The van der Waals surface area contributed by atoms with Gasteiger partial charge in [-0.1, -0.05) is 30.3 Å². The summed E-state index contributed by atoms with van der Waals surface area (Å²) in [5.41, 5.74) is 0.593. The van der Waals surface area contributed by atoms with E-state index in [4.69, 9.17) is 4.55 Å². The van der Waals surface area contributed by atoms with E-state index in [0.29, 0.717) is 18.8 Å². The first-order chi connectivity index (χ1) is 8.89. The van der Waals surface area contributed by atoms with Gasteiger partial charge in [0.2, 0.25) is 0 Å². The third-order valence-electron chi connectivity index (χ3n) is 1.66. The smallest absolute Gasteiger partial charge is 0.285 e. The molecule has 0 amide bonds. The Morgan fingerprint density at radius 2 is 1.58 bits per heavy atom. The Morgan fingerprint density at radius 3 is 1.95 bits per heavy atom. The van der Waals surface area contributed by atoms with Gasteiger partial charge in [0.25, 0.3) is 10.1 Å². The van der Waals surface area contributed by atoms with E-state index in [2.05, 4.69) is 9.05 Å². The van der Waals surface area contributed by atoms with Crippen LogP contribution in [0.15, 0.2) is 30.3 Å². The van der Waals surface area contributed by atoms with Crippen LogP contribution >= 0.6 is 8.25 Å². The van der Waals surface area contributed by atoms with Gasteiger partial charge >= 0.3 is 8.25 Å². The van der Waals surface area contributed by atoms with E-state index in [-0.39, 0.29) is 5.75 Å². The minimum atomic E-state index is -3.88. The zero-order valence-corrected chi connectivity index (χ0v) is 12.6. The summed E-state index contributed by atoms with van der Waals surface area (Å²) in [6.45, 7) is 4.42. The molecule has 1 rings (SSSR count). The molecule has 8 heteroatoms. The summed E-state index contributed by atoms with van der Waals surface area (Å²) in [6.07, 6.45) is 0. The Balaban J connectivity index is 0.000000362. The van der Waals surface area contributed by atoms with Crippen molar-refractivity contribution in [1.82, 2.24) is 0 Å². The van der Waals surface area contributed by atoms with Gasteiger partial charge in [-0.25, -0.2) is 0 Å². The topological polar surface area (TPSA) is 89.9 Å². The molecule has 0 saturated heterocycles. The quantitative estimate of drug-likeness (QED) is 0.642. The molecule has 0 aromatic heterocycles. The van der Waals surface area contributed by atoms with Crippen molar-refractivity contribution in [2.24, 2.45) is 0 Å². The van der Waals surface area contributed by atoms with Crippen LogP contribution in [0.1, 0.15) is 19.4 Å². The lowest BCUT2D eigenvalue weighted by Gasteiger charge is -1.95. The number of hydrogen-bond donors (Lipinski definition) is 1. The summed E-state index contributed by atoms with van der Waals surface area (Å²) < 4.78 is 48.6. The standard InChI is InChI=1S/C7H8O3S.C4H10O3P/c8-11(9,10)6-7-4-2-1-3-5-7;1-3-6-8(5)7-4-2/h1-5H,6H2,(H,8,9,10);3-4H2,1-2H3/q;+1. The van der Waals surface area contributed by atoms with Gasteiger partial charge in [-0.05, 0) is 19.4 Å². The minimum Gasteiger partial charge on any atom is -0.285 e. The monoisotopic (exact) mass is 309 g/mol. The van der Waals surface area contributed by atoms with Crippen molar-refractivity contribution < 1.29 is 26.6 Å². The van der Waals surface area contributed by atoms with Gasteiger partial charge in [0.05, 0.1) is 0 Å². The average Bonchev–Trinajstić information content (AvgIpc) is 2.29. The van der Waals surface area contributed by atoms with Crippen LogP contribution in [-0.4, -0.2) is 26.2 Å². The Labute approximate surface area is 114 Å². The van der Waals surface area contributed by atoms with E-state index in [9.17, 15) is 13.0 Å². The lowest BCUT2D eigenvalue weighted by molar-refractivity contribution is 0.243. The summed E-state index contributed by atoms with van der Waals surface area (Å²) in [5.74, 6) is -0.312. The third kappa shape index (κ3) is 11.9. The molecule has 6 nitrogen and oxygen atoms in total. The number of hydrogen-bond acceptors (Lipinski definition) is 5. The minimum absolute atomic E-state index is 0.312. The van der Waals surface area contributed by atoms with Crippen molar-refractivity contribution in [1.29, 1.82) is 0 Å². The van der Waals surface area contributed by atoms with E-state index in [1.165, 1.54) is 0 Å². The molecule has 1 N–H and O–H groups in total. The summed E-state index contributed by atoms with van der Waals surface area (Å²) >= 11 is 0.